The molecule has 3 amide bonds. The lowest BCUT2D eigenvalue weighted by molar-refractivity contribution is 0.0691. The minimum absolute atomic E-state index is 0.00838. The van der Waals surface area contributed by atoms with Crippen molar-refractivity contribution in [1.82, 2.24) is 34.9 Å². The molecule has 1 aliphatic carbocycles. The van der Waals surface area contributed by atoms with Crippen molar-refractivity contribution >= 4 is 34.5 Å². The summed E-state index contributed by atoms with van der Waals surface area (Å²) in [6.07, 6.45) is 8.78. The molecule has 0 atom stereocenters. The van der Waals surface area contributed by atoms with Gasteiger partial charge >= 0.3 is 6.03 Å². The first-order valence-corrected chi connectivity index (χ1v) is 14.6. The molecule has 1 saturated carbocycles. The maximum absolute atomic E-state index is 13.0. The molecular formula is C30H33N9O3. The first-order valence-electron chi connectivity index (χ1n) is 14.6. The van der Waals surface area contributed by atoms with Gasteiger partial charge in [0.1, 0.15) is 5.82 Å². The summed E-state index contributed by atoms with van der Waals surface area (Å²) in [5.41, 5.74) is 2.95. The number of nitrogens with zero attached hydrogens (tertiary/aromatic N) is 7. The van der Waals surface area contributed by atoms with Crippen LogP contribution in [-0.4, -0.2) is 87.0 Å². The molecule has 2 saturated heterocycles. The van der Waals surface area contributed by atoms with Crippen molar-refractivity contribution in [2.24, 2.45) is 0 Å². The fraction of sp³-hybridized carbons (Fsp3) is 0.400. The standard InChI is InChI=1S/C30H33N9O3/c40-29(21-2-1-11-31-18-21)38-12-9-24(10-13-38)39-28-25(19-32-39)27(37-14-16-42-17-15-37)35-26(36-28)20-3-5-22(6-4-20)33-30(41)34-23-7-8-23/h1-6,11,18-19,23-24H,7-10,12-17H2,(H2,33,34,41). The second kappa shape index (κ2) is 11.4. The molecule has 3 fully saturated rings. The molecule has 3 aliphatic rings. The third kappa shape index (κ3) is 5.49. The highest BCUT2D eigenvalue weighted by molar-refractivity contribution is 5.94. The molecule has 12 nitrogen and oxygen atoms in total. The van der Waals surface area contributed by atoms with Crippen molar-refractivity contribution < 1.29 is 14.3 Å². The summed E-state index contributed by atoms with van der Waals surface area (Å²) < 4.78 is 7.61. The minimum atomic E-state index is -0.186. The molecular weight excluding hydrogens is 534 g/mol. The summed E-state index contributed by atoms with van der Waals surface area (Å²) >= 11 is 0. The molecule has 7 rings (SSSR count). The molecule has 0 bridgehead atoms. The van der Waals surface area contributed by atoms with Crippen LogP contribution in [0.15, 0.2) is 55.0 Å². The van der Waals surface area contributed by atoms with E-state index in [0.29, 0.717) is 49.4 Å². The van der Waals surface area contributed by atoms with E-state index in [2.05, 4.69) is 20.5 Å². The maximum Gasteiger partial charge on any atom is 0.319 e. The van der Waals surface area contributed by atoms with Gasteiger partial charge in [-0.1, -0.05) is 0 Å². The van der Waals surface area contributed by atoms with Gasteiger partial charge in [-0.05, 0) is 62.1 Å². The Morgan fingerprint density at radius 2 is 1.69 bits per heavy atom. The van der Waals surface area contributed by atoms with Crippen LogP contribution < -0.4 is 15.5 Å². The van der Waals surface area contributed by atoms with E-state index in [4.69, 9.17) is 19.8 Å². The summed E-state index contributed by atoms with van der Waals surface area (Å²) in [5.74, 6) is 1.46. The van der Waals surface area contributed by atoms with Gasteiger partial charge in [-0.15, -0.1) is 0 Å². The number of rotatable bonds is 6. The Bertz CT molecular complexity index is 1570. The van der Waals surface area contributed by atoms with Gasteiger partial charge in [0, 0.05) is 55.9 Å². The van der Waals surface area contributed by atoms with Gasteiger partial charge in [0.25, 0.3) is 5.91 Å². The number of fused-ring (bicyclic) bond motifs is 1. The number of morpholine rings is 1. The van der Waals surface area contributed by atoms with Gasteiger partial charge in [-0.3, -0.25) is 9.78 Å². The number of hydrogen-bond donors (Lipinski definition) is 2. The number of benzene rings is 1. The van der Waals surface area contributed by atoms with Crippen molar-refractivity contribution in [3.05, 3.63) is 60.6 Å². The second-order valence-corrected chi connectivity index (χ2v) is 11.0. The highest BCUT2D eigenvalue weighted by atomic mass is 16.5. The first kappa shape index (κ1) is 26.3. The zero-order valence-electron chi connectivity index (χ0n) is 23.3. The SMILES string of the molecule is O=C(Nc1ccc(-c2nc(N3CCOCC3)c3cnn(C4CCN(C(=O)c5cccnc5)CC4)c3n2)cc1)NC1CC1. The Hall–Kier alpha value is -4.58. The van der Waals surface area contributed by atoms with Crippen LogP contribution in [0.1, 0.15) is 42.1 Å². The fourth-order valence-electron chi connectivity index (χ4n) is 5.59. The monoisotopic (exact) mass is 567 g/mol. The zero-order chi connectivity index (χ0) is 28.5. The molecule has 0 radical (unpaired) electrons. The topological polar surface area (TPSA) is 130 Å². The van der Waals surface area contributed by atoms with Gasteiger partial charge in [-0.25, -0.2) is 19.4 Å². The fourth-order valence-corrected chi connectivity index (χ4v) is 5.59. The van der Waals surface area contributed by atoms with Crippen molar-refractivity contribution in [1.29, 1.82) is 0 Å². The lowest BCUT2D eigenvalue weighted by atomic mass is 10.0. The number of anilines is 2. The summed E-state index contributed by atoms with van der Waals surface area (Å²) in [4.78, 5) is 43.4. The summed E-state index contributed by atoms with van der Waals surface area (Å²) in [7, 11) is 0. The van der Waals surface area contributed by atoms with E-state index >= 15 is 0 Å². The van der Waals surface area contributed by atoms with Gasteiger partial charge in [0.05, 0.1) is 36.4 Å². The highest BCUT2D eigenvalue weighted by Crippen LogP contribution is 2.32. The summed E-state index contributed by atoms with van der Waals surface area (Å²) in [6.45, 7) is 4.03. The molecule has 0 unspecified atom stereocenters. The van der Waals surface area contributed by atoms with Crippen LogP contribution in [-0.2, 0) is 4.74 Å². The zero-order valence-corrected chi connectivity index (χ0v) is 23.3. The predicted octanol–water partition coefficient (Wildman–Crippen LogP) is 3.49. The van der Waals surface area contributed by atoms with Crippen LogP contribution in [0.3, 0.4) is 0 Å². The number of urea groups is 1. The van der Waals surface area contributed by atoms with Gasteiger partial charge in [0.15, 0.2) is 11.5 Å². The number of likely N-dealkylation sites (tertiary alicyclic amines) is 1. The second-order valence-electron chi connectivity index (χ2n) is 11.0. The van der Waals surface area contributed by atoms with Crippen LogP contribution in [0.25, 0.3) is 22.4 Å². The lowest BCUT2D eigenvalue weighted by Gasteiger charge is -2.32. The molecule has 2 N–H and O–H groups in total. The average Bonchev–Trinajstić information content (AvgIpc) is 3.75. The molecule has 42 heavy (non-hydrogen) atoms. The molecule has 2 aliphatic heterocycles. The predicted molar refractivity (Wildman–Crippen MR) is 157 cm³/mol. The number of ether oxygens (including phenoxy) is 1. The van der Waals surface area contributed by atoms with E-state index in [1.54, 1.807) is 24.5 Å². The van der Waals surface area contributed by atoms with E-state index in [0.717, 1.165) is 61.2 Å². The molecule has 5 heterocycles. The van der Waals surface area contributed by atoms with Crippen LogP contribution in [0, 0.1) is 0 Å². The van der Waals surface area contributed by atoms with E-state index in [-0.39, 0.29) is 18.0 Å². The Kier molecular flexibility index (Phi) is 7.12. The van der Waals surface area contributed by atoms with E-state index < -0.39 is 0 Å². The van der Waals surface area contributed by atoms with Crippen LogP contribution in [0.4, 0.5) is 16.3 Å². The molecule has 4 aromatic rings. The van der Waals surface area contributed by atoms with Gasteiger partial charge in [0.2, 0.25) is 0 Å². The molecule has 12 heteroatoms. The number of amides is 3. The largest absolute Gasteiger partial charge is 0.378 e. The highest BCUT2D eigenvalue weighted by Gasteiger charge is 2.28. The summed E-state index contributed by atoms with van der Waals surface area (Å²) in [6, 6.07) is 11.4. The van der Waals surface area contributed by atoms with Crippen molar-refractivity contribution in [2.45, 2.75) is 37.8 Å². The number of piperidine rings is 1. The minimum Gasteiger partial charge on any atom is -0.378 e. The Morgan fingerprint density at radius 3 is 2.40 bits per heavy atom. The Balaban J connectivity index is 1.15. The smallest absolute Gasteiger partial charge is 0.319 e. The van der Waals surface area contributed by atoms with Crippen LogP contribution >= 0.6 is 0 Å². The van der Waals surface area contributed by atoms with Crippen LogP contribution in [0.2, 0.25) is 0 Å². The normalized spacial score (nSPS) is 17.8. The van der Waals surface area contributed by atoms with E-state index in [9.17, 15) is 9.59 Å². The van der Waals surface area contributed by atoms with E-state index in [1.807, 2.05) is 40.0 Å². The van der Waals surface area contributed by atoms with Gasteiger partial charge in [-0.2, -0.15) is 5.10 Å². The maximum atomic E-state index is 13.0. The quantitative estimate of drug-likeness (QED) is 0.362. The molecule has 216 valence electrons. The number of hydrogen-bond acceptors (Lipinski definition) is 8. The third-order valence-electron chi connectivity index (χ3n) is 8.06. The molecule has 1 aromatic carbocycles. The van der Waals surface area contributed by atoms with Crippen LogP contribution in [0.5, 0.6) is 0 Å². The number of pyridine rings is 1. The van der Waals surface area contributed by atoms with Crippen molar-refractivity contribution in [2.75, 3.05) is 49.6 Å². The third-order valence-corrected chi connectivity index (χ3v) is 8.06. The Morgan fingerprint density at radius 1 is 0.905 bits per heavy atom. The number of carbonyl (C=O) groups is 2. The van der Waals surface area contributed by atoms with E-state index in [1.165, 1.54) is 0 Å². The summed E-state index contributed by atoms with van der Waals surface area (Å²) in [5, 5.41) is 11.5. The van der Waals surface area contributed by atoms with Crippen molar-refractivity contribution in [3.8, 4) is 11.4 Å². The number of carbonyl (C=O) groups excluding carboxylic acids is 2. The first-order chi connectivity index (χ1) is 20.6. The van der Waals surface area contributed by atoms with Crippen molar-refractivity contribution in [3.63, 3.8) is 0 Å². The number of nitrogens with one attached hydrogen (secondary N) is 2. The Labute approximate surface area is 243 Å². The number of aromatic nitrogens is 5. The van der Waals surface area contributed by atoms with Gasteiger partial charge < -0.3 is 25.2 Å². The molecule has 0 spiro atoms. The molecule has 3 aromatic heterocycles. The average molecular weight is 568 g/mol. The lowest BCUT2D eigenvalue weighted by Crippen LogP contribution is -2.39.